The number of nitrogens with one attached hydrogen (secondary N) is 2. The SMILES string of the molecule is CCCCCCNCCCCNC(=O)OC(C)(C)C. The minimum absolute atomic E-state index is 0.319. The predicted octanol–water partition coefficient (Wildman–Crippen LogP) is 3.46. The summed E-state index contributed by atoms with van der Waals surface area (Å²) in [5.41, 5.74) is -0.413. The van der Waals surface area contributed by atoms with E-state index in [9.17, 15) is 4.79 Å². The molecule has 1 amide bonds. The predicted molar refractivity (Wildman–Crippen MR) is 80.5 cm³/mol. The maximum absolute atomic E-state index is 11.3. The lowest BCUT2D eigenvalue weighted by atomic mass is 10.2. The molecule has 0 saturated heterocycles. The van der Waals surface area contributed by atoms with Crippen molar-refractivity contribution in [1.82, 2.24) is 10.6 Å². The summed E-state index contributed by atoms with van der Waals surface area (Å²) in [7, 11) is 0. The zero-order chi connectivity index (χ0) is 14.6. The molecule has 0 fully saturated rings. The number of carbonyl (C=O) groups is 1. The molecule has 0 aromatic rings. The van der Waals surface area contributed by atoms with Crippen LogP contribution in [-0.4, -0.2) is 31.3 Å². The van der Waals surface area contributed by atoms with Crippen molar-refractivity contribution in [2.24, 2.45) is 0 Å². The third-order valence-electron chi connectivity index (χ3n) is 2.66. The van der Waals surface area contributed by atoms with E-state index in [1.54, 1.807) is 0 Å². The van der Waals surface area contributed by atoms with Gasteiger partial charge in [-0.2, -0.15) is 0 Å². The van der Waals surface area contributed by atoms with Crippen molar-refractivity contribution in [3.05, 3.63) is 0 Å². The van der Waals surface area contributed by atoms with Crippen molar-refractivity contribution < 1.29 is 9.53 Å². The van der Waals surface area contributed by atoms with Gasteiger partial charge in [0.15, 0.2) is 0 Å². The van der Waals surface area contributed by atoms with Crippen molar-refractivity contribution in [1.29, 1.82) is 0 Å². The van der Waals surface area contributed by atoms with Crippen molar-refractivity contribution in [2.45, 2.75) is 71.8 Å². The number of unbranched alkanes of at least 4 members (excludes halogenated alkanes) is 4. The summed E-state index contributed by atoms with van der Waals surface area (Å²) in [6.45, 7) is 10.7. The smallest absolute Gasteiger partial charge is 0.407 e. The van der Waals surface area contributed by atoms with Gasteiger partial charge in [-0.05, 0) is 53.1 Å². The summed E-state index contributed by atoms with van der Waals surface area (Å²) in [6.07, 6.45) is 6.97. The standard InChI is InChI=1S/C15H32N2O2/c1-5-6-7-8-11-16-12-9-10-13-17-14(18)19-15(2,3)4/h16H,5-13H2,1-4H3,(H,17,18). The molecule has 2 N–H and O–H groups in total. The Bertz CT molecular complexity index is 225. The highest BCUT2D eigenvalue weighted by molar-refractivity contribution is 5.67. The van der Waals surface area contributed by atoms with Crippen LogP contribution in [0.25, 0.3) is 0 Å². The van der Waals surface area contributed by atoms with E-state index in [2.05, 4.69) is 17.6 Å². The van der Waals surface area contributed by atoms with Crippen LogP contribution in [0.2, 0.25) is 0 Å². The summed E-state index contributed by atoms with van der Waals surface area (Å²) in [4.78, 5) is 11.3. The van der Waals surface area contributed by atoms with E-state index in [4.69, 9.17) is 4.74 Å². The van der Waals surface area contributed by atoms with E-state index in [1.807, 2.05) is 20.8 Å². The van der Waals surface area contributed by atoms with Crippen molar-refractivity contribution in [3.8, 4) is 0 Å². The number of hydrogen-bond acceptors (Lipinski definition) is 3. The van der Waals surface area contributed by atoms with E-state index in [-0.39, 0.29) is 6.09 Å². The number of hydrogen-bond donors (Lipinski definition) is 2. The minimum atomic E-state index is -0.413. The van der Waals surface area contributed by atoms with Crippen LogP contribution in [0, 0.1) is 0 Å². The molecule has 0 aromatic carbocycles. The highest BCUT2D eigenvalue weighted by atomic mass is 16.6. The molecule has 114 valence electrons. The van der Waals surface area contributed by atoms with E-state index >= 15 is 0 Å². The molecular weight excluding hydrogens is 240 g/mol. The highest BCUT2D eigenvalue weighted by Gasteiger charge is 2.15. The molecule has 4 heteroatoms. The Morgan fingerprint density at radius 2 is 1.53 bits per heavy atom. The summed E-state index contributed by atoms with van der Waals surface area (Å²) >= 11 is 0. The number of ether oxygens (including phenoxy) is 1. The first-order valence-electron chi connectivity index (χ1n) is 7.63. The van der Waals surface area contributed by atoms with E-state index in [1.165, 1.54) is 25.7 Å². The summed E-state index contributed by atoms with van der Waals surface area (Å²) in [6, 6.07) is 0. The molecule has 0 bridgehead atoms. The van der Waals surface area contributed by atoms with Crippen LogP contribution in [0.3, 0.4) is 0 Å². The number of rotatable bonds is 10. The molecule has 0 aromatic heterocycles. The molecule has 0 aliphatic carbocycles. The average Bonchev–Trinajstić information content (AvgIpc) is 2.29. The van der Waals surface area contributed by atoms with Gasteiger partial charge in [0, 0.05) is 6.54 Å². The molecule has 0 heterocycles. The van der Waals surface area contributed by atoms with Gasteiger partial charge in [-0.3, -0.25) is 0 Å². The molecule has 4 nitrogen and oxygen atoms in total. The number of alkyl carbamates (subject to hydrolysis) is 1. The van der Waals surface area contributed by atoms with Crippen LogP contribution in [0.5, 0.6) is 0 Å². The summed E-state index contributed by atoms with van der Waals surface area (Å²) in [5.74, 6) is 0. The maximum atomic E-state index is 11.3. The fourth-order valence-electron chi connectivity index (χ4n) is 1.68. The summed E-state index contributed by atoms with van der Waals surface area (Å²) < 4.78 is 5.15. The Balaban J connectivity index is 3.21. The molecule has 0 atom stereocenters. The van der Waals surface area contributed by atoms with Gasteiger partial charge in [-0.25, -0.2) is 4.79 Å². The van der Waals surface area contributed by atoms with Crippen LogP contribution in [0.15, 0.2) is 0 Å². The van der Waals surface area contributed by atoms with Gasteiger partial charge >= 0.3 is 6.09 Å². The fourth-order valence-corrected chi connectivity index (χ4v) is 1.68. The lowest BCUT2D eigenvalue weighted by Crippen LogP contribution is -2.33. The van der Waals surface area contributed by atoms with Crippen molar-refractivity contribution in [3.63, 3.8) is 0 Å². The van der Waals surface area contributed by atoms with E-state index in [0.29, 0.717) is 6.54 Å². The Labute approximate surface area is 118 Å². The zero-order valence-corrected chi connectivity index (χ0v) is 13.2. The van der Waals surface area contributed by atoms with E-state index in [0.717, 1.165) is 25.9 Å². The first-order valence-corrected chi connectivity index (χ1v) is 7.63. The Morgan fingerprint density at radius 3 is 2.11 bits per heavy atom. The van der Waals surface area contributed by atoms with Gasteiger partial charge in [0.05, 0.1) is 0 Å². The maximum Gasteiger partial charge on any atom is 0.407 e. The van der Waals surface area contributed by atoms with Crippen LogP contribution in [0.1, 0.15) is 66.2 Å². The molecule has 0 aliphatic heterocycles. The molecule has 0 radical (unpaired) electrons. The largest absolute Gasteiger partial charge is 0.444 e. The van der Waals surface area contributed by atoms with Crippen molar-refractivity contribution >= 4 is 6.09 Å². The second kappa shape index (κ2) is 11.1. The van der Waals surface area contributed by atoms with Crippen molar-refractivity contribution in [2.75, 3.05) is 19.6 Å². The van der Waals surface area contributed by atoms with Crippen LogP contribution in [0.4, 0.5) is 4.79 Å². The highest BCUT2D eigenvalue weighted by Crippen LogP contribution is 2.06. The molecular formula is C15H32N2O2. The fraction of sp³-hybridized carbons (Fsp3) is 0.933. The zero-order valence-electron chi connectivity index (χ0n) is 13.2. The monoisotopic (exact) mass is 272 g/mol. The average molecular weight is 272 g/mol. The Kier molecular flexibility index (Phi) is 10.6. The Morgan fingerprint density at radius 1 is 0.947 bits per heavy atom. The molecule has 0 saturated carbocycles. The molecule has 0 aliphatic rings. The first-order chi connectivity index (χ1) is 8.95. The third kappa shape index (κ3) is 15.2. The van der Waals surface area contributed by atoms with Gasteiger partial charge in [0.25, 0.3) is 0 Å². The normalized spacial score (nSPS) is 11.4. The molecule has 0 rings (SSSR count). The van der Waals surface area contributed by atoms with Gasteiger partial charge < -0.3 is 15.4 Å². The Hall–Kier alpha value is -0.770. The van der Waals surface area contributed by atoms with Gasteiger partial charge in [0.1, 0.15) is 5.60 Å². The van der Waals surface area contributed by atoms with Crippen LogP contribution < -0.4 is 10.6 Å². The topological polar surface area (TPSA) is 50.4 Å². The second-order valence-electron chi connectivity index (χ2n) is 5.95. The van der Waals surface area contributed by atoms with Crippen LogP contribution in [-0.2, 0) is 4.74 Å². The van der Waals surface area contributed by atoms with Gasteiger partial charge in [-0.1, -0.05) is 26.2 Å². The first kappa shape index (κ1) is 18.2. The number of amides is 1. The summed E-state index contributed by atoms with van der Waals surface area (Å²) in [5, 5.41) is 6.20. The lowest BCUT2D eigenvalue weighted by molar-refractivity contribution is 0.0527. The van der Waals surface area contributed by atoms with Crippen LogP contribution >= 0.6 is 0 Å². The molecule has 19 heavy (non-hydrogen) atoms. The minimum Gasteiger partial charge on any atom is -0.444 e. The quantitative estimate of drug-likeness (QED) is 0.599. The molecule has 0 unspecified atom stereocenters. The van der Waals surface area contributed by atoms with Gasteiger partial charge in [-0.15, -0.1) is 0 Å². The third-order valence-corrected chi connectivity index (χ3v) is 2.66. The van der Waals surface area contributed by atoms with E-state index < -0.39 is 5.60 Å². The second-order valence-corrected chi connectivity index (χ2v) is 5.95. The van der Waals surface area contributed by atoms with Gasteiger partial charge in [0.2, 0.25) is 0 Å². The number of carbonyl (C=O) groups excluding carboxylic acids is 1. The lowest BCUT2D eigenvalue weighted by Gasteiger charge is -2.19. The molecule has 0 spiro atoms.